The smallest absolute Gasteiger partial charge is 0.318 e. The number of nitrogens with one attached hydrogen (secondary N) is 2. The number of sulfone groups is 1. The molecule has 0 aromatic heterocycles. The van der Waals surface area contributed by atoms with Gasteiger partial charge in [-0.05, 0) is 48.8 Å². The van der Waals surface area contributed by atoms with Crippen molar-refractivity contribution in [3.8, 4) is 6.07 Å². The summed E-state index contributed by atoms with van der Waals surface area (Å²) < 4.78 is 23.2. The van der Waals surface area contributed by atoms with E-state index in [2.05, 4.69) is 10.6 Å². The minimum Gasteiger partial charge on any atom is -0.341 e. The van der Waals surface area contributed by atoms with Crippen LogP contribution < -0.4 is 10.6 Å². The number of carbonyl (C=O) groups excluding carboxylic acids is 2. The van der Waals surface area contributed by atoms with Gasteiger partial charge < -0.3 is 15.5 Å². The standard InChI is InChI=1S/C21H30N4O4S/c1-15(2)14-19(20(26)23-11-10-22)24-21(27)25-12-8-17(9-13-25)16-4-6-18(7-5-16)30(3,28)29/h4-7,15,17,19H,8-9,11-14H2,1-3H3,(H,23,26)(H,24,27). The third-order valence-corrected chi connectivity index (χ3v) is 6.35. The molecule has 1 heterocycles. The van der Waals surface area contributed by atoms with Gasteiger partial charge in [-0.3, -0.25) is 4.79 Å². The summed E-state index contributed by atoms with van der Waals surface area (Å²) in [6.45, 7) is 4.96. The molecule has 0 aliphatic carbocycles. The highest BCUT2D eigenvalue weighted by molar-refractivity contribution is 7.90. The first-order chi connectivity index (χ1) is 14.1. The van der Waals surface area contributed by atoms with Crippen LogP contribution in [0.25, 0.3) is 0 Å². The summed E-state index contributed by atoms with van der Waals surface area (Å²) in [5.41, 5.74) is 1.07. The van der Waals surface area contributed by atoms with Gasteiger partial charge in [-0.1, -0.05) is 26.0 Å². The van der Waals surface area contributed by atoms with Crippen molar-refractivity contribution in [3.63, 3.8) is 0 Å². The van der Waals surface area contributed by atoms with E-state index in [1.54, 1.807) is 17.0 Å². The molecule has 1 aliphatic heterocycles. The third-order valence-electron chi connectivity index (χ3n) is 5.22. The fourth-order valence-corrected chi connectivity index (χ4v) is 4.23. The first-order valence-corrected chi connectivity index (χ1v) is 12.0. The van der Waals surface area contributed by atoms with Crippen molar-refractivity contribution < 1.29 is 18.0 Å². The zero-order chi connectivity index (χ0) is 22.3. The summed E-state index contributed by atoms with van der Waals surface area (Å²) >= 11 is 0. The van der Waals surface area contributed by atoms with Crippen molar-refractivity contribution >= 4 is 21.8 Å². The summed E-state index contributed by atoms with van der Waals surface area (Å²) in [6.07, 6.45) is 3.21. The largest absolute Gasteiger partial charge is 0.341 e. The Morgan fingerprint density at radius 3 is 2.30 bits per heavy atom. The van der Waals surface area contributed by atoms with Gasteiger partial charge in [-0.25, -0.2) is 13.2 Å². The predicted octanol–water partition coefficient (Wildman–Crippen LogP) is 2.03. The first kappa shape index (κ1) is 23.7. The summed E-state index contributed by atoms with van der Waals surface area (Å²) in [6, 6.07) is 7.85. The van der Waals surface area contributed by atoms with Crippen LogP contribution in [0.1, 0.15) is 44.6 Å². The maximum absolute atomic E-state index is 12.7. The van der Waals surface area contributed by atoms with Crippen LogP contribution in [0, 0.1) is 17.2 Å². The van der Waals surface area contributed by atoms with Crippen molar-refractivity contribution in [2.24, 2.45) is 5.92 Å². The maximum Gasteiger partial charge on any atom is 0.318 e. The molecule has 0 saturated carbocycles. The van der Waals surface area contributed by atoms with Gasteiger partial charge in [0.15, 0.2) is 9.84 Å². The second-order valence-electron chi connectivity index (χ2n) is 8.11. The van der Waals surface area contributed by atoms with E-state index in [0.29, 0.717) is 24.4 Å². The van der Waals surface area contributed by atoms with Gasteiger partial charge in [-0.15, -0.1) is 0 Å². The van der Waals surface area contributed by atoms with Gasteiger partial charge in [0.2, 0.25) is 5.91 Å². The second-order valence-corrected chi connectivity index (χ2v) is 10.1. The molecule has 0 spiro atoms. The average Bonchev–Trinajstić information content (AvgIpc) is 2.70. The number of hydrogen-bond acceptors (Lipinski definition) is 5. The molecule has 1 aromatic carbocycles. The molecule has 2 N–H and O–H groups in total. The molecule has 1 aromatic rings. The Morgan fingerprint density at radius 2 is 1.80 bits per heavy atom. The topological polar surface area (TPSA) is 119 Å². The number of hydrogen-bond donors (Lipinski definition) is 2. The van der Waals surface area contributed by atoms with E-state index in [9.17, 15) is 18.0 Å². The lowest BCUT2D eigenvalue weighted by atomic mass is 9.89. The van der Waals surface area contributed by atoms with Crippen molar-refractivity contribution in [3.05, 3.63) is 29.8 Å². The number of carbonyl (C=O) groups is 2. The normalized spacial score (nSPS) is 16.0. The molecule has 3 amide bonds. The molecule has 1 aliphatic rings. The quantitative estimate of drug-likeness (QED) is 0.637. The monoisotopic (exact) mass is 434 g/mol. The van der Waals surface area contributed by atoms with E-state index >= 15 is 0 Å². The van der Waals surface area contributed by atoms with E-state index in [4.69, 9.17) is 5.26 Å². The van der Waals surface area contributed by atoms with E-state index in [-0.39, 0.29) is 30.3 Å². The molecular weight excluding hydrogens is 404 g/mol. The van der Waals surface area contributed by atoms with Gasteiger partial charge in [-0.2, -0.15) is 5.26 Å². The van der Waals surface area contributed by atoms with Gasteiger partial charge in [0, 0.05) is 19.3 Å². The molecule has 0 bridgehead atoms. The van der Waals surface area contributed by atoms with Gasteiger partial charge in [0.1, 0.15) is 12.6 Å². The van der Waals surface area contributed by atoms with Crippen LogP contribution in [0.2, 0.25) is 0 Å². The number of benzene rings is 1. The third kappa shape index (κ3) is 6.73. The molecule has 0 radical (unpaired) electrons. The van der Waals surface area contributed by atoms with Crippen molar-refractivity contribution in [2.45, 2.75) is 50.0 Å². The molecule has 2 rings (SSSR count). The van der Waals surface area contributed by atoms with Crippen LogP contribution in [-0.2, 0) is 14.6 Å². The molecule has 164 valence electrons. The lowest BCUT2D eigenvalue weighted by Gasteiger charge is -2.33. The molecule has 9 heteroatoms. The molecular formula is C21H30N4O4S. The number of likely N-dealkylation sites (tertiary alicyclic amines) is 1. The van der Waals surface area contributed by atoms with Gasteiger partial charge in [0.05, 0.1) is 11.0 Å². The Bertz CT molecular complexity index is 883. The molecule has 1 atom stereocenters. The fraction of sp³-hybridized carbons (Fsp3) is 0.571. The van der Waals surface area contributed by atoms with Gasteiger partial charge in [0.25, 0.3) is 0 Å². The zero-order valence-corrected chi connectivity index (χ0v) is 18.5. The minimum atomic E-state index is -3.22. The number of rotatable bonds is 7. The summed E-state index contributed by atoms with van der Waals surface area (Å²) in [5.74, 6) is 0.122. The SMILES string of the molecule is CC(C)CC(NC(=O)N1CCC(c2ccc(S(C)(=O)=O)cc2)CC1)C(=O)NCC#N. The maximum atomic E-state index is 12.7. The minimum absolute atomic E-state index is 0.0905. The summed E-state index contributed by atoms with van der Waals surface area (Å²) in [5, 5.41) is 14.0. The van der Waals surface area contributed by atoms with E-state index in [1.165, 1.54) is 6.26 Å². The predicted molar refractivity (Wildman–Crippen MR) is 113 cm³/mol. The van der Waals surface area contributed by atoms with E-state index in [0.717, 1.165) is 18.4 Å². The van der Waals surface area contributed by atoms with E-state index < -0.39 is 15.9 Å². The van der Waals surface area contributed by atoms with Crippen molar-refractivity contribution in [2.75, 3.05) is 25.9 Å². The molecule has 1 fully saturated rings. The van der Waals surface area contributed by atoms with Crippen molar-refractivity contribution in [1.82, 2.24) is 15.5 Å². The highest BCUT2D eigenvalue weighted by atomic mass is 32.2. The Hall–Kier alpha value is -2.60. The van der Waals surface area contributed by atoms with Crippen LogP contribution in [0.5, 0.6) is 0 Å². The average molecular weight is 435 g/mol. The Balaban J connectivity index is 1.93. The molecule has 8 nitrogen and oxygen atoms in total. The highest BCUT2D eigenvalue weighted by Crippen LogP contribution is 2.28. The number of urea groups is 1. The Kier molecular flexibility index (Phi) is 8.24. The zero-order valence-electron chi connectivity index (χ0n) is 17.7. The Morgan fingerprint density at radius 1 is 1.20 bits per heavy atom. The number of nitrogens with zero attached hydrogens (tertiary/aromatic N) is 2. The lowest BCUT2D eigenvalue weighted by Crippen LogP contribution is -2.53. The highest BCUT2D eigenvalue weighted by Gasteiger charge is 2.28. The van der Waals surface area contributed by atoms with E-state index in [1.807, 2.05) is 32.0 Å². The molecule has 1 saturated heterocycles. The first-order valence-electron chi connectivity index (χ1n) is 10.1. The Labute approximate surface area is 178 Å². The number of nitriles is 1. The van der Waals surface area contributed by atoms with Gasteiger partial charge >= 0.3 is 6.03 Å². The summed E-state index contributed by atoms with van der Waals surface area (Å²) in [7, 11) is -3.22. The second kappa shape index (κ2) is 10.4. The van der Waals surface area contributed by atoms with Crippen LogP contribution in [0.3, 0.4) is 0 Å². The van der Waals surface area contributed by atoms with Crippen LogP contribution >= 0.6 is 0 Å². The number of amides is 3. The van der Waals surface area contributed by atoms with Crippen LogP contribution in [0.15, 0.2) is 29.2 Å². The lowest BCUT2D eigenvalue weighted by molar-refractivity contribution is -0.123. The van der Waals surface area contributed by atoms with Crippen LogP contribution in [-0.4, -0.2) is 57.2 Å². The molecule has 30 heavy (non-hydrogen) atoms. The van der Waals surface area contributed by atoms with Crippen molar-refractivity contribution in [1.29, 1.82) is 5.26 Å². The van der Waals surface area contributed by atoms with Crippen LogP contribution in [0.4, 0.5) is 4.79 Å². The number of piperidine rings is 1. The molecule has 1 unspecified atom stereocenters. The summed E-state index contributed by atoms with van der Waals surface area (Å²) in [4.78, 5) is 26.9. The fourth-order valence-electron chi connectivity index (χ4n) is 3.60.